The van der Waals surface area contributed by atoms with Crippen LogP contribution >= 0.6 is 11.3 Å². The van der Waals surface area contributed by atoms with Crippen LogP contribution in [0.1, 0.15) is 42.6 Å². The first-order valence-corrected chi connectivity index (χ1v) is 10.1. The third-order valence-corrected chi connectivity index (χ3v) is 7.65. The summed E-state index contributed by atoms with van der Waals surface area (Å²) >= 11 is 0.930. The summed E-state index contributed by atoms with van der Waals surface area (Å²) < 4.78 is 32.8. The minimum atomic E-state index is -3.80. The van der Waals surface area contributed by atoms with Crippen molar-refractivity contribution in [1.82, 2.24) is 9.71 Å². The van der Waals surface area contributed by atoms with Gasteiger partial charge >= 0.3 is 5.97 Å². The SMILES string of the molecule is COC(=O)c1ncsc1S(=O)(=O)NC1C2CCCC1CC(N)C2. The number of aromatic nitrogens is 1. The molecule has 2 atom stereocenters. The number of methoxy groups -OCH3 is 1. The molecule has 1 aromatic heterocycles. The van der Waals surface area contributed by atoms with Crippen LogP contribution in [0.5, 0.6) is 0 Å². The summed E-state index contributed by atoms with van der Waals surface area (Å²) in [5, 5.41) is 0. The van der Waals surface area contributed by atoms with Gasteiger partial charge in [-0.15, -0.1) is 11.3 Å². The summed E-state index contributed by atoms with van der Waals surface area (Å²) in [7, 11) is -2.59. The van der Waals surface area contributed by atoms with Crippen LogP contribution in [0.2, 0.25) is 0 Å². The highest BCUT2D eigenvalue weighted by Gasteiger charge is 2.42. The molecule has 2 saturated carbocycles. The van der Waals surface area contributed by atoms with Gasteiger partial charge in [0.2, 0.25) is 0 Å². The summed E-state index contributed by atoms with van der Waals surface area (Å²) in [6, 6.07) is 0.0428. The summed E-state index contributed by atoms with van der Waals surface area (Å²) in [5.74, 6) is -0.207. The Morgan fingerprint density at radius 2 is 2.04 bits per heavy atom. The van der Waals surface area contributed by atoms with Gasteiger partial charge < -0.3 is 10.5 Å². The van der Waals surface area contributed by atoms with E-state index in [1.807, 2.05) is 0 Å². The molecule has 2 aliphatic carbocycles. The van der Waals surface area contributed by atoms with E-state index in [0.717, 1.165) is 43.4 Å². The average molecular weight is 359 g/mol. The molecule has 2 unspecified atom stereocenters. The van der Waals surface area contributed by atoms with E-state index < -0.39 is 16.0 Å². The molecule has 128 valence electrons. The maximum Gasteiger partial charge on any atom is 0.358 e. The number of esters is 1. The Bertz CT molecular complexity index is 674. The predicted octanol–water partition coefficient (Wildman–Crippen LogP) is 1.11. The molecule has 2 bridgehead atoms. The number of hydrogen-bond donors (Lipinski definition) is 2. The Kier molecular flexibility index (Phi) is 4.73. The second-order valence-electron chi connectivity index (χ2n) is 6.31. The Balaban J connectivity index is 1.84. The number of thiazole rings is 1. The molecule has 1 heterocycles. The number of rotatable bonds is 4. The topological polar surface area (TPSA) is 111 Å². The van der Waals surface area contributed by atoms with Crippen molar-refractivity contribution in [2.24, 2.45) is 17.6 Å². The first-order valence-electron chi connectivity index (χ1n) is 7.72. The number of carbonyl (C=O) groups is 1. The zero-order valence-electron chi connectivity index (χ0n) is 12.9. The van der Waals surface area contributed by atoms with Crippen molar-refractivity contribution in [1.29, 1.82) is 0 Å². The fourth-order valence-electron chi connectivity index (χ4n) is 3.87. The highest BCUT2D eigenvalue weighted by Crippen LogP contribution is 2.40. The van der Waals surface area contributed by atoms with Crippen molar-refractivity contribution >= 4 is 27.3 Å². The maximum absolute atomic E-state index is 12.7. The predicted molar refractivity (Wildman–Crippen MR) is 85.6 cm³/mol. The molecule has 0 saturated heterocycles. The van der Waals surface area contributed by atoms with E-state index in [2.05, 4.69) is 14.4 Å². The van der Waals surface area contributed by atoms with E-state index in [-0.39, 0.29) is 33.8 Å². The van der Waals surface area contributed by atoms with E-state index in [4.69, 9.17) is 5.73 Å². The van der Waals surface area contributed by atoms with Gasteiger partial charge in [-0.3, -0.25) is 0 Å². The van der Waals surface area contributed by atoms with E-state index in [1.54, 1.807) is 0 Å². The van der Waals surface area contributed by atoms with Crippen LogP contribution in [-0.2, 0) is 14.8 Å². The molecule has 1 aromatic rings. The highest BCUT2D eigenvalue weighted by molar-refractivity contribution is 7.91. The summed E-state index contributed by atoms with van der Waals surface area (Å²) in [4.78, 5) is 15.5. The molecule has 2 fully saturated rings. The van der Waals surface area contributed by atoms with E-state index in [9.17, 15) is 13.2 Å². The van der Waals surface area contributed by atoms with Crippen molar-refractivity contribution < 1.29 is 17.9 Å². The average Bonchev–Trinajstić information content (AvgIpc) is 2.97. The number of ether oxygens (including phenoxy) is 1. The third-order valence-electron chi connectivity index (χ3n) is 4.83. The molecule has 23 heavy (non-hydrogen) atoms. The van der Waals surface area contributed by atoms with Crippen molar-refractivity contribution in [3.05, 3.63) is 11.2 Å². The number of nitrogens with two attached hydrogens (primary N) is 1. The lowest BCUT2D eigenvalue weighted by molar-refractivity contribution is 0.0590. The van der Waals surface area contributed by atoms with Gasteiger partial charge in [0.25, 0.3) is 10.0 Å². The minimum Gasteiger partial charge on any atom is -0.464 e. The molecular formula is C14H21N3O4S2. The number of sulfonamides is 1. The molecule has 3 N–H and O–H groups in total. The molecule has 0 aliphatic heterocycles. The largest absolute Gasteiger partial charge is 0.464 e. The number of carbonyl (C=O) groups excluding carboxylic acids is 1. The third kappa shape index (κ3) is 3.28. The second kappa shape index (κ2) is 6.46. The number of nitrogens with zero attached hydrogens (tertiary/aromatic N) is 1. The van der Waals surface area contributed by atoms with E-state index in [1.165, 1.54) is 12.6 Å². The molecule has 0 radical (unpaired) electrons. The molecule has 0 aromatic carbocycles. The van der Waals surface area contributed by atoms with Gasteiger partial charge in [0.05, 0.1) is 12.6 Å². The zero-order chi connectivity index (χ0) is 16.6. The summed E-state index contributed by atoms with van der Waals surface area (Å²) in [5.41, 5.74) is 7.28. The molecule has 0 spiro atoms. The Morgan fingerprint density at radius 3 is 2.65 bits per heavy atom. The van der Waals surface area contributed by atoms with Gasteiger partial charge in [-0.25, -0.2) is 22.9 Å². The van der Waals surface area contributed by atoms with Crippen LogP contribution in [0.25, 0.3) is 0 Å². The monoisotopic (exact) mass is 359 g/mol. The number of nitrogens with one attached hydrogen (secondary N) is 1. The lowest BCUT2D eigenvalue weighted by Crippen LogP contribution is -2.53. The fourth-order valence-corrected chi connectivity index (χ4v) is 6.40. The van der Waals surface area contributed by atoms with Crippen LogP contribution in [-0.4, -0.2) is 38.6 Å². The molecule has 3 rings (SSSR count). The van der Waals surface area contributed by atoms with E-state index >= 15 is 0 Å². The fraction of sp³-hybridized carbons (Fsp3) is 0.714. The van der Waals surface area contributed by atoms with Gasteiger partial charge in [0, 0.05) is 12.1 Å². The van der Waals surface area contributed by atoms with Gasteiger partial charge in [-0.05, 0) is 37.5 Å². The smallest absolute Gasteiger partial charge is 0.358 e. The van der Waals surface area contributed by atoms with Gasteiger partial charge in [0.15, 0.2) is 9.90 Å². The van der Waals surface area contributed by atoms with Gasteiger partial charge in [0.1, 0.15) is 0 Å². The Morgan fingerprint density at radius 1 is 1.39 bits per heavy atom. The Hall–Kier alpha value is -1.03. The second-order valence-corrected chi connectivity index (χ2v) is 9.07. The van der Waals surface area contributed by atoms with Crippen molar-refractivity contribution in [2.75, 3.05) is 7.11 Å². The van der Waals surface area contributed by atoms with Gasteiger partial charge in [-0.1, -0.05) is 6.42 Å². The lowest BCUT2D eigenvalue weighted by Gasteiger charge is -2.44. The van der Waals surface area contributed by atoms with Crippen molar-refractivity contribution in [2.45, 2.75) is 48.4 Å². The zero-order valence-corrected chi connectivity index (χ0v) is 14.5. The first-order chi connectivity index (χ1) is 10.9. The molecule has 9 heteroatoms. The number of hydrogen-bond acceptors (Lipinski definition) is 7. The van der Waals surface area contributed by atoms with Gasteiger partial charge in [-0.2, -0.15) is 0 Å². The summed E-state index contributed by atoms with van der Waals surface area (Å²) in [6.45, 7) is 0. The van der Waals surface area contributed by atoms with Crippen molar-refractivity contribution in [3.63, 3.8) is 0 Å². The summed E-state index contributed by atoms with van der Waals surface area (Å²) in [6.07, 6.45) is 4.79. The van der Waals surface area contributed by atoms with Crippen LogP contribution in [0.15, 0.2) is 9.72 Å². The van der Waals surface area contributed by atoms with Crippen molar-refractivity contribution in [3.8, 4) is 0 Å². The lowest BCUT2D eigenvalue weighted by atomic mass is 9.67. The van der Waals surface area contributed by atoms with Crippen LogP contribution in [0.4, 0.5) is 0 Å². The maximum atomic E-state index is 12.7. The highest BCUT2D eigenvalue weighted by atomic mass is 32.2. The number of fused-ring (bicyclic) bond motifs is 2. The molecule has 7 nitrogen and oxygen atoms in total. The standard InChI is InChI=1S/C14H21N3O4S2/c1-21-13(18)12-14(22-7-16-12)23(19,20)17-11-8-3-2-4-9(11)6-10(15)5-8/h7-11,17H,2-6,15H2,1H3. The molecule has 2 aliphatic rings. The minimum absolute atomic E-state index is 0.0719. The normalized spacial score (nSPS) is 30.9. The van der Waals surface area contributed by atoms with Crippen LogP contribution in [0.3, 0.4) is 0 Å². The molecule has 0 amide bonds. The van der Waals surface area contributed by atoms with Crippen LogP contribution < -0.4 is 10.5 Å². The first kappa shape index (κ1) is 16.8. The quantitative estimate of drug-likeness (QED) is 0.779. The van der Waals surface area contributed by atoms with Crippen LogP contribution in [0, 0.1) is 11.8 Å². The molecular weight excluding hydrogens is 338 g/mol. The van der Waals surface area contributed by atoms with E-state index in [0.29, 0.717) is 0 Å². The Labute approximate surface area is 139 Å².